The first-order valence-electron chi connectivity index (χ1n) is 6.51. The van der Waals surface area contributed by atoms with Gasteiger partial charge in [-0.2, -0.15) is 0 Å². The predicted octanol–water partition coefficient (Wildman–Crippen LogP) is -0.473. The van der Waals surface area contributed by atoms with Gasteiger partial charge in [0.05, 0.1) is 0 Å². The lowest BCUT2D eigenvalue weighted by molar-refractivity contribution is -0.119. The topological polar surface area (TPSA) is 121 Å². The number of carbonyl (C=O) groups excluding carboxylic acids is 2. The molecule has 1 fully saturated rings. The van der Waals surface area contributed by atoms with E-state index in [4.69, 9.17) is 10.9 Å². The van der Waals surface area contributed by atoms with Crippen molar-refractivity contribution >= 4 is 17.6 Å². The third-order valence-electron chi connectivity index (χ3n) is 3.27. The number of rotatable bonds is 3. The monoisotopic (exact) mass is 291 g/mol. The lowest BCUT2D eigenvalue weighted by Gasteiger charge is -2.16. The van der Waals surface area contributed by atoms with Crippen LogP contribution in [0.2, 0.25) is 0 Å². The van der Waals surface area contributed by atoms with E-state index in [0.717, 1.165) is 6.42 Å². The average molecular weight is 291 g/mol. The number of nitrogens with two attached hydrogens (primary N) is 1. The Kier molecular flexibility index (Phi) is 4.36. The van der Waals surface area contributed by atoms with Gasteiger partial charge in [0.2, 0.25) is 5.91 Å². The minimum Gasteiger partial charge on any atom is -0.409 e. The number of amidine groups is 1. The maximum atomic E-state index is 12.3. The molecule has 21 heavy (non-hydrogen) atoms. The van der Waals surface area contributed by atoms with Crippen molar-refractivity contribution in [1.29, 1.82) is 0 Å². The summed E-state index contributed by atoms with van der Waals surface area (Å²) in [5.74, 6) is -0.363. The summed E-state index contributed by atoms with van der Waals surface area (Å²) < 4.78 is 0. The van der Waals surface area contributed by atoms with E-state index < -0.39 is 0 Å². The van der Waals surface area contributed by atoms with Crippen LogP contribution in [0.25, 0.3) is 0 Å². The first-order valence-corrected chi connectivity index (χ1v) is 6.51. The fourth-order valence-electron chi connectivity index (χ4n) is 2.24. The molecule has 1 aliphatic rings. The van der Waals surface area contributed by atoms with Gasteiger partial charge in [0.25, 0.3) is 5.91 Å². The Bertz CT molecular complexity index is 570. The SMILES string of the molecule is CC(=O)NC1CCN(C(=O)c2ccc(/C(N)=N/O)cn2)C1. The van der Waals surface area contributed by atoms with Crippen LogP contribution in [-0.2, 0) is 4.79 Å². The molecule has 1 atom stereocenters. The second kappa shape index (κ2) is 6.21. The Morgan fingerprint density at radius 2 is 2.29 bits per heavy atom. The fraction of sp³-hybridized carbons (Fsp3) is 0.385. The van der Waals surface area contributed by atoms with Crippen LogP contribution in [-0.4, -0.2) is 51.9 Å². The van der Waals surface area contributed by atoms with Crippen LogP contribution < -0.4 is 11.1 Å². The Labute approximate surface area is 121 Å². The van der Waals surface area contributed by atoms with Crippen LogP contribution >= 0.6 is 0 Å². The molecule has 8 heteroatoms. The highest BCUT2D eigenvalue weighted by Gasteiger charge is 2.27. The number of aromatic nitrogens is 1. The van der Waals surface area contributed by atoms with Gasteiger partial charge in [0, 0.05) is 37.8 Å². The standard InChI is InChI=1S/C13H17N5O3/c1-8(19)16-10-4-5-18(7-10)13(20)11-3-2-9(6-15-11)12(14)17-21/h2-3,6,10,21H,4-5,7H2,1H3,(H2,14,17)(H,16,19). The number of hydrogen-bond acceptors (Lipinski definition) is 5. The normalized spacial score (nSPS) is 18.6. The molecule has 2 amide bonds. The van der Waals surface area contributed by atoms with Crippen molar-refractivity contribution in [3.63, 3.8) is 0 Å². The molecule has 2 rings (SSSR count). The van der Waals surface area contributed by atoms with Gasteiger partial charge in [-0.15, -0.1) is 0 Å². The second-order valence-corrected chi connectivity index (χ2v) is 4.85. The molecule has 0 radical (unpaired) electrons. The van der Waals surface area contributed by atoms with Crippen LogP contribution in [0.5, 0.6) is 0 Å². The molecule has 1 aromatic heterocycles. The predicted molar refractivity (Wildman–Crippen MR) is 74.9 cm³/mol. The molecule has 1 aliphatic heterocycles. The molecule has 0 saturated carbocycles. The van der Waals surface area contributed by atoms with Gasteiger partial charge in [-0.05, 0) is 18.6 Å². The maximum absolute atomic E-state index is 12.3. The molecule has 1 unspecified atom stereocenters. The van der Waals surface area contributed by atoms with E-state index >= 15 is 0 Å². The molecule has 2 heterocycles. The van der Waals surface area contributed by atoms with E-state index in [1.165, 1.54) is 19.2 Å². The number of nitrogens with zero attached hydrogens (tertiary/aromatic N) is 3. The molecule has 4 N–H and O–H groups in total. The summed E-state index contributed by atoms with van der Waals surface area (Å²) in [6.07, 6.45) is 2.11. The van der Waals surface area contributed by atoms with E-state index in [0.29, 0.717) is 18.7 Å². The fourth-order valence-corrected chi connectivity index (χ4v) is 2.24. The Morgan fingerprint density at radius 1 is 1.52 bits per heavy atom. The highest BCUT2D eigenvalue weighted by atomic mass is 16.4. The maximum Gasteiger partial charge on any atom is 0.272 e. The van der Waals surface area contributed by atoms with Crippen molar-refractivity contribution in [3.8, 4) is 0 Å². The minimum absolute atomic E-state index is 0.0112. The van der Waals surface area contributed by atoms with Gasteiger partial charge in [-0.25, -0.2) is 0 Å². The zero-order valence-electron chi connectivity index (χ0n) is 11.6. The molecule has 1 aromatic rings. The van der Waals surface area contributed by atoms with Crippen LogP contribution in [0.3, 0.4) is 0 Å². The average Bonchev–Trinajstić information content (AvgIpc) is 2.93. The van der Waals surface area contributed by atoms with E-state index in [1.54, 1.807) is 11.0 Å². The van der Waals surface area contributed by atoms with Crippen molar-refractivity contribution in [3.05, 3.63) is 29.6 Å². The number of amides is 2. The summed E-state index contributed by atoms with van der Waals surface area (Å²) in [5, 5.41) is 14.2. The van der Waals surface area contributed by atoms with Crippen LogP contribution in [0, 0.1) is 0 Å². The molecule has 0 aromatic carbocycles. The number of oxime groups is 1. The summed E-state index contributed by atoms with van der Waals surface area (Å²) in [5.41, 5.74) is 6.15. The zero-order chi connectivity index (χ0) is 15.4. The Morgan fingerprint density at radius 3 is 2.86 bits per heavy atom. The first-order chi connectivity index (χ1) is 10.0. The lowest BCUT2D eigenvalue weighted by atomic mass is 10.2. The van der Waals surface area contributed by atoms with Gasteiger partial charge in [0.1, 0.15) is 5.69 Å². The molecule has 0 bridgehead atoms. The third kappa shape index (κ3) is 3.47. The van der Waals surface area contributed by atoms with E-state index in [2.05, 4.69) is 15.5 Å². The van der Waals surface area contributed by atoms with Crippen molar-refractivity contribution < 1.29 is 14.8 Å². The number of hydrogen-bond donors (Lipinski definition) is 3. The quantitative estimate of drug-likeness (QED) is 0.301. The van der Waals surface area contributed by atoms with Crippen molar-refractivity contribution in [2.24, 2.45) is 10.9 Å². The third-order valence-corrected chi connectivity index (χ3v) is 3.27. The number of pyridine rings is 1. The number of carbonyl (C=O) groups is 2. The van der Waals surface area contributed by atoms with Gasteiger partial charge in [0.15, 0.2) is 5.84 Å². The smallest absolute Gasteiger partial charge is 0.272 e. The Hall–Kier alpha value is -2.64. The molecule has 112 valence electrons. The van der Waals surface area contributed by atoms with E-state index in [9.17, 15) is 9.59 Å². The number of nitrogens with one attached hydrogen (secondary N) is 1. The summed E-state index contributed by atoms with van der Waals surface area (Å²) in [6.45, 7) is 2.51. The number of likely N-dealkylation sites (tertiary alicyclic amines) is 1. The summed E-state index contributed by atoms with van der Waals surface area (Å²) in [6, 6.07) is 3.08. The highest BCUT2D eigenvalue weighted by Crippen LogP contribution is 2.13. The van der Waals surface area contributed by atoms with E-state index in [-0.39, 0.29) is 29.4 Å². The molecule has 0 aliphatic carbocycles. The summed E-state index contributed by atoms with van der Waals surface area (Å²) >= 11 is 0. The molecular formula is C13H17N5O3. The van der Waals surface area contributed by atoms with Crippen LogP contribution in [0.1, 0.15) is 29.4 Å². The van der Waals surface area contributed by atoms with Crippen molar-refractivity contribution in [2.45, 2.75) is 19.4 Å². The van der Waals surface area contributed by atoms with Crippen molar-refractivity contribution in [2.75, 3.05) is 13.1 Å². The molecule has 0 spiro atoms. The molecule has 8 nitrogen and oxygen atoms in total. The van der Waals surface area contributed by atoms with Gasteiger partial charge in [-0.3, -0.25) is 14.6 Å². The second-order valence-electron chi connectivity index (χ2n) is 4.85. The van der Waals surface area contributed by atoms with E-state index in [1.807, 2.05) is 0 Å². The van der Waals surface area contributed by atoms with Crippen LogP contribution in [0.4, 0.5) is 0 Å². The first kappa shape index (κ1) is 14.8. The summed E-state index contributed by atoms with van der Waals surface area (Å²) in [7, 11) is 0. The lowest BCUT2D eigenvalue weighted by Crippen LogP contribution is -2.37. The molecular weight excluding hydrogens is 274 g/mol. The highest BCUT2D eigenvalue weighted by molar-refractivity contribution is 5.98. The molecule has 1 saturated heterocycles. The van der Waals surface area contributed by atoms with Crippen LogP contribution in [0.15, 0.2) is 23.5 Å². The summed E-state index contributed by atoms with van der Waals surface area (Å²) in [4.78, 5) is 28.9. The van der Waals surface area contributed by atoms with Gasteiger partial charge in [-0.1, -0.05) is 5.16 Å². The minimum atomic E-state index is -0.200. The Balaban J connectivity index is 2.02. The van der Waals surface area contributed by atoms with Gasteiger partial charge >= 0.3 is 0 Å². The van der Waals surface area contributed by atoms with Gasteiger partial charge < -0.3 is 21.2 Å². The largest absolute Gasteiger partial charge is 0.409 e. The zero-order valence-corrected chi connectivity index (χ0v) is 11.6. The van der Waals surface area contributed by atoms with Crippen molar-refractivity contribution in [1.82, 2.24) is 15.2 Å².